The second-order valence-electron chi connectivity index (χ2n) is 3.67. The number of nitrogens with zero attached hydrogens (tertiary/aromatic N) is 2. The summed E-state index contributed by atoms with van der Waals surface area (Å²) in [6.45, 7) is 0. The Labute approximate surface area is 107 Å². The van der Waals surface area contributed by atoms with E-state index in [1.807, 2.05) is 37.4 Å². The predicted molar refractivity (Wildman–Crippen MR) is 67.7 cm³/mol. The van der Waals surface area contributed by atoms with E-state index in [1.54, 1.807) is 4.57 Å². The zero-order valence-electron chi connectivity index (χ0n) is 9.22. The van der Waals surface area contributed by atoms with Gasteiger partial charge in [-0.15, -0.1) is 0 Å². The predicted octanol–water partition coefficient (Wildman–Crippen LogP) is 2.48. The molecule has 0 unspecified atom stereocenters. The molecule has 0 aliphatic rings. The van der Waals surface area contributed by atoms with Crippen molar-refractivity contribution in [3.63, 3.8) is 0 Å². The van der Waals surface area contributed by atoms with Crippen LogP contribution in [0.3, 0.4) is 0 Å². The molecule has 1 aromatic carbocycles. The van der Waals surface area contributed by atoms with Gasteiger partial charge in [0.25, 0.3) is 0 Å². The highest BCUT2D eigenvalue weighted by atomic mass is 79.9. The Balaban J connectivity index is 2.48. The minimum Gasteiger partial charge on any atom is -0.481 e. The highest BCUT2D eigenvalue weighted by Crippen LogP contribution is 2.24. The number of hydrogen-bond donors (Lipinski definition) is 1. The molecule has 88 valence electrons. The van der Waals surface area contributed by atoms with Gasteiger partial charge >= 0.3 is 5.97 Å². The van der Waals surface area contributed by atoms with E-state index in [9.17, 15) is 4.79 Å². The molecule has 0 aliphatic heterocycles. The van der Waals surface area contributed by atoms with Crippen LogP contribution in [-0.4, -0.2) is 20.6 Å². The molecule has 17 heavy (non-hydrogen) atoms. The molecule has 0 bridgehead atoms. The molecular weight excluding hydrogens is 284 g/mol. The average Bonchev–Trinajstić information content (AvgIpc) is 2.58. The fourth-order valence-corrected chi connectivity index (χ4v) is 2.25. The number of aliphatic carboxylic acids is 1. The molecule has 0 aliphatic carbocycles. The van der Waals surface area contributed by atoms with Gasteiger partial charge in [-0.2, -0.15) is 0 Å². The van der Waals surface area contributed by atoms with Crippen molar-refractivity contribution < 1.29 is 9.90 Å². The molecule has 0 radical (unpaired) electrons. The van der Waals surface area contributed by atoms with E-state index in [-0.39, 0.29) is 6.42 Å². The van der Waals surface area contributed by atoms with Crippen LogP contribution in [0.15, 0.2) is 34.9 Å². The Morgan fingerprint density at radius 2 is 2.06 bits per heavy atom. The van der Waals surface area contributed by atoms with E-state index in [4.69, 9.17) is 5.11 Å². The van der Waals surface area contributed by atoms with Crippen molar-refractivity contribution in [1.82, 2.24) is 9.55 Å². The van der Waals surface area contributed by atoms with Gasteiger partial charge in [-0.25, -0.2) is 4.98 Å². The maximum absolute atomic E-state index is 10.8. The summed E-state index contributed by atoms with van der Waals surface area (Å²) < 4.78 is 2.38. The summed E-state index contributed by atoms with van der Waals surface area (Å²) in [5, 5.41) is 8.83. The van der Waals surface area contributed by atoms with Crippen LogP contribution in [0.25, 0.3) is 11.4 Å². The monoisotopic (exact) mass is 294 g/mol. The lowest BCUT2D eigenvalue weighted by molar-refractivity contribution is -0.136. The van der Waals surface area contributed by atoms with Gasteiger partial charge in [0.05, 0.1) is 12.1 Å². The molecule has 5 heteroatoms. The van der Waals surface area contributed by atoms with Gasteiger partial charge < -0.3 is 9.67 Å². The Kier molecular flexibility index (Phi) is 3.28. The number of carboxylic acid groups (broad SMARTS) is 1. The molecule has 1 heterocycles. The van der Waals surface area contributed by atoms with Gasteiger partial charge in [-0.1, -0.05) is 30.3 Å². The molecule has 0 amide bonds. The smallest absolute Gasteiger partial charge is 0.309 e. The van der Waals surface area contributed by atoms with E-state index in [2.05, 4.69) is 20.9 Å². The fourth-order valence-electron chi connectivity index (χ4n) is 1.68. The van der Waals surface area contributed by atoms with Crippen molar-refractivity contribution in [2.45, 2.75) is 6.42 Å². The quantitative estimate of drug-likeness (QED) is 0.946. The topological polar surface area (TPSA) is 55.1 Å². The number of rotatable bonds is 3. The van der Waals surface area contributed by atoms with E-state index < -0.39 is 5.97 Å². The molecule has 0 saturated carbocycles. The minimum absolute atomic E-state index is 0.0447. The number of aromatic nitrogens is 2. The number of hydrogen-bond acceptors (Lipinski definition) is 2. The first-order chi connectivity index (χ1) is 8.09. The lowest BCUT2D eigenvalue weighted by Crippen LogP contribution is -2.06. The first-order valence-electron chi connectivity index (χ1n) is 5.08. The molecule has 2 rings (SSSR count). The van der Waals surface area contributed by atoms with Crippen LogP contribution in [0.4, 0.5) is 0 Å². The molecule has 0 fully saturated rings. The van der Waals surface area contributed by atoms with Crippen molar-refractivity contribution in [3.8, 4) is 11.4 Å². The third-order valence-electron chi connectivity index (χ3n) is 2.52. The highest BCUT2D eigenvalue weighted by Gasteiger charge is 2.16. The van der Waals surface area contributed by atoms with Crippen LogP contribution in [0.5, 0.6) is 0 Å². The molecular formula is C12H11BrN2O2. The summed E-state index contributed by atoms with van der Waals surface area (Å²) in [5.41, 5.74) is 1.63. The SMILES string of the molecule is Cn1c(-c2ccccc2)nc(Br)c1CC(=O)O. The summed E-state index contributed by atoms with van der Waals surface area (Å²) in [6, 6.07) is 9.67. The first-order valence-corrected chi connectivity index (χ1v) is 5.87. The summed E-state index contributed by atoms with van der Waals surface area (Å²) in [7, 11) is 1.82. The normalized spacial score (nSPS) is 10.5. The van der Waals surface area contributed by atoms with Crippen LogP contribution in [0.1, 0.15) is 5.69 Å². The lowest BCUT2D eigenvalue weighted by atomic mass is 10.2. The number of carboxylic acids is 1. The molecule has 1 aromatic heterocycles. The zero-order valence-corrected chi connectivity index (χ0v) is 10.8. The van der Waals surface area contributed by atoms with Gasteiger partial charge in [0, 0.05) is 12.6 Å². The highest BCUT2D eigenvalue weighted by molar-refractivity contribution is 9.10. The number of imidazole rings is 1. The Morgan fingerprint density at radius 3 is 2.65 bits per heavy atom. The van der Waals surface area contributed by atoms with Crippen LogP contribution in [-0.2, 0) is 18.3 Å². The third kappa shape index (κ3) is 2.39. The molecule has 0 atom stereocenters. The zero-order chi connectivity index (χ0) is 12.4. The standard InChI is InChI=1S/C12H11BrN2O2/c1-15-9(7-10(16)17)11(13)14-12(15)8-5-3-2-4-6-8/h2-6H,7H2,1H3,(H,16,17). The summed E-state index contributed by atoms with van der Waals surface area (Å²) in [5.74, 6) is -0.109. The maximum atomic E-state index is 10.8. The Bertz CT molecular complexity index is 549. The molecule has 4 nitrogen and oxygen atoms in total. The largest absolute Gasteiger partial charge is 0.481 e. The second kappa shape index (κ2) is 4.71. The number of halogens is 1. The van der Waals surface area contributed by atoms with Crippen molar-refractivity contribution in [1.29, 1.82) is 0 Å². The van der Waals surface area contributed by atoms with Crippen LogP contribution >= 0.6 is 15.9 Å². The van der Waals surface area contributed by atoms with Gasteiger partial charge in [-0.3, -0.25) is 4.79 Å². The van der Waals surface area contributed by atoms with Gasteiger partial charge in [-0.05, 0) is 15.9 Å². The van der Waals surface area contributed by atoms with E-state index in [1.165, 1.54) is 0 Å². The maximum Gasteiger partial charge on any atom is 0.309 e. The Morgan fingerprint density at radius 1 is 1.41 bits per heavy atom. The average molecular weight is 295 g/mol. The summed E-state index contributed by atoms with van der Waals surface area (Å²) in [4.78, 5) is 15.1. The molecule has 1 N–H and O–H groups in total. The Hall–Kier alpha value is -1.62. The molecule has 0 spiro atoms. The van der Waals surface area contributed by atoms with Crippen molar-refractivity contribution in [2.24, 2.45) is 7.05 Å². The van der Waals surface area contributed by atoms with Crippen LogP contribution in [0.2, 0.25) is 0 Å². The van der Waals surface area contributed by atoms with Crippen molar-refractivity contribution in [2.75, 3.05) is 0 Å². The number of benzene rings is 1. The van der Waals surface area contributed by atoms with Gasteiger partial charge in [0.2, 0.25) is 0 Å². The van der Waals surface area contributed by atoms with Gasteiger partial charge in [0.15, 0.2) is 0 Å². The summed E-state index contributed by atoms with van der Waals surface area (Å²) >= 11 is 3.30. The fraction of sp³-hybridized carbons (Fsp3) is 0.167. The second-order valence-corrected chi connectivity index (χ2v) is 4.42. The van der Waals surface area contributed by atoms with Crippen molar-refractivity contribution in [3.05, 3.63) is 40.6 Å². The lowest BCUT2D eigenvalue weighted by Gasteiger charge is -2.04. The first kappa shape index (κ1) is 11.9. The third-order valence-corrected chi connectivity index (χ3v) is 3.15. The molecule has 2 aromatic rings. The van der Waals surface area contributed by atoms with E-state index in [0.29, 0.717) is 10.3 Å². The van der Waals surface area contributed by atoms with Crippen molar-refractivity contribution >= 4 is 21.9 Å². The molecule has 0 saturated heterocycles. The van der Waals surface area contributed by atoms with E-state index in [0.717, 1.165) is 11.4 Å². The van der Waals surface area contributed by atoms with Crippen LogP contribution in [0, 0.1) is 0 Å². The number of carbonyl (C=O) groups is 1. The van der Waals surface area contributed by atoms with Gasteiger partial charge in [0.1, 0.15) is 10.4 Å². The van der Waals surface area contributed by atoms with E-state index >= 15 is 0 Å². The minimum atomic E-state index is -0.867. The van der Waals surface area contributed by atoms with Crippen LogP contribution < -0.4 is 0 Å². The summed E-state index contributed by atoms with van der Waals surface area (Å²) in [6.07, 6.45) is -0.0447.